The van der Waals surface area contributed by atoms with Crippen LogP contribution in [0.2, 0.25) is 0 Å². The largest absolute Gasteiger partial charge is 0.419 e. The van der Waals surface area contributed by atoms with Crippen LogP contribution in [0.5, 0.6) is 0 Å². The van der Waals surface area contributed by atoms with E-state index in [-0.39, 0.29) is 18.3 Å². The van der Waals surface area contributed by atoms with E-state index in [9.17, 15) is 0 Å². The van der Waals surface area contributed by atoms with E-state index in [1.54, 1.807) is 6.26 Å². The highest BCUT2D eigenvalue weighted by Crippen LogP contribution is 2.31. The number of ether oxygens (including phenoxy) is 3. The van der Waals surface area contributed by atoms with Gasteiger partial charge in [0, 0.05) is 5.92 Å². The summed E-state index contributed by atoms with van der Waals surface area (Å²) in [4.78, 5) is 0. The quantitative estimate of drug-likeness (QED) is 0.529. The second kappa shape index (κ2) is 2.92. The molecule has 0 N–H and O–H groups in total. The first-order valence-electron chi connectivity index (χ1n) is 4.11. The molecule has 0 radical (unpaired) electrons. The summed E-state index contributed by atoms with van der Waals surface area (Å²) in [5, 5.41) is 8.33. The molecule has 0 bridgehead atoms. The van der Waals surface area contributed by atoms with Gasteiger partial charge in [-0.1, -0.05) is 6.92 Å². The van der Waals surface area contributed by atoms with E-state index < -0.39 is 0 Å². The summed E-state index contributed by atoms with van der Waals surface area (Å²) in [7, 11) is 0. The van der Waals surface area contributed by atoms with Crippen LogP contribution in [-0.4, -0.2) is 31.5 Å². The minimum absolute atomic E-state index is 0.0281. The first-order valence-corrected chi connectivity index (χ1v) is 4.11. The third-order valence-electron chi connectivity index (χ3n) is 2.46. The van der Waals surface area contributed by atoms with Crippen LogP contribution < -0.4 is 0 Å². The van der Waals surface area contributed by atoms with Crippen LogP contribution >= 0.6 is 0 Å². The lowest BCUT2D eigenvalue weighted by molar-refractivity contribution is 0.0150. The maximum Gasteiger partial charge on any atom is 0.286 e. The lowest BCUT2D eigenvalue weighted by atomic mass is 10.0. The normalized spacial score (nSPS) is 45.3. The minimum atomic E-state index is -0.190. The van der Waals surface area contributed by atoms with E-state index in [1.165, 1.54) is 0 Å². The molecule has 0 spiro atoms. The second-order valence-corrected chi connectivity index (χ2v) is 3.32. The Labute approximate surface area is 71.0 Å². The van der Waals surface area contributed by atoms with Crippen molar-refractivity contribution in [2.24, 2.45) is 5.92 Å². The van der Waals surface area contributed by atoms with E-state index in [1.807, 2.05) is 0 Å². The fourth-order valence-electron chi connectivity index (χ4n) is 1.82. The van der Waals surface area contributed by atoms with Crippen molar-refractivity contribution in [3.63, 3.8) is 0 Å². The molecule has 2 rings (SSSR count). The summed E-state index contributed by atoms with van der Waals surface area (Å²) in [6.07, 6.45) is 1.59. The Morgan fingerprint density at radius 3 is 2.83 bits per heavy atom. The van der Waals surface area contributed by atoms with Gasteiger partial charge >= 0.3 is 0 Å². The van der Waals surface area contributed by atoms with Crippen LogP contribution in [0.25, 0.3) is 0 Å². The Morgan fingerprint density at radius 1 is 1.33 bits per heavy atom. The number of hydrogen-bond donors (Lipinski definition) is 0. The number of rotatable bonds is 1. The van der Waals surface area contributed by atoms with E-state index in [4.69, 9.17) is 19.5 Å². The van der Waals surface area contributed by atoms with Crippen LogP contribution in [0.15, 0.2) is 0 Å². The monoisotopic (exact) mass is 169 g/mol. The predicted octanol–water partition coefficient (Wildman–Crippen LogP) is 0.286. The summed E-state index contributed by atoms with van der Waals surface area (Å²) in [5.74, 6) is 0.419. The third kappa shape index (κ3) is 1.06. The molecule has 12 heavy (non-hydrogen) atoms. The third-order valence-corrected chi connectivity index (χ3v) is 2.46. The first-order chi connectivity index (χ1) is 5.83. The van der Waals surface area contributed by atoms with Crippen molar-refractivity contribution < 1.29 is 14.2 Å². The van der Waals surface area contributed by atoms with Gasteiger partial charge in [0.1, 0.15) is 6.10 Å². The molecule has 4 atom stereocenters. The van der Waals surface area contributed by atoms with Crippen LogP contribution in [0.3, 0.4) is 0 Å². The van der Waals surface area contributed by atoms with E-state index >= 15 is 0 Å². The average Bonchev–Trinajstić information content (AvgIpc) is 2.58. The van der Waals surface area contributed by atoms with Gasteiger partial charge in [-0.05, 0) is 0 Å². The Hall–Kier alpha value is -0.790. The predicted molar refractivity (Wildman–Crippen MR) is 39.1 cm³/mol. The van der Waals surface area contributed by atoms with Gasteiger partial charge < -0.3 is 14.2 Å². The van der Waals surface area contributed by atoms with E-state index in [0.717, 1.165) is 0 Å². The molecule has 66 valence electrons. The molecule has 2 aliphatic heterocycles. The van der Waals surface area contributed by atoms with E-state index in [0.29, 0.717) is 19.1 Å². The highest BCUT2D eigenvalue weighted by molar-refractivity contribution is 4.94. The molecule has 0 aromatic rings. The van der Waals surface area contributed by atoms with Crippen molar-refractivity contribution in [2.75, 3.05) is 13.2 Å². The van der Waals surface area contributed by atoms with E-state index in [2.05, 4.69) is 6.92 Å². The Balaban J connectivity index is 2.02. The molecular formula is C8H11NO3. The summed E-state index contributed by atoms with van der Waals surface area (Å²) in [6, 6.07) is 0. The fourth-order valence-corrected chi connectivity index (χ4v) is 1.82. The minimum Gasteiger partial charge on any atom is -0.419 e. The number of nitrogens with zero attached hydrogens (tertiary/aromatic N) is 1. The molecule has 4 heteroatoms. The lowest BCUT2D eigenvalue weighted by Gasteiger charge is -2.12. The van der Waals surface area contributed by atoms with Crippen molar-refractivity contribution >= 4 is 0 Å². The van der Waals surface area contributed by atoms with Crippen LogP contribution in [0.4, 0.5) is 0 Å². The van der Waals surface area contributed by atoms with Gasteiger partial charge in [-0.2, -0.15) is 5.26 Å². The number of fused-ring (bicyclic) bond motifs is 1. The highest BCUT2D eigenvalue weighted by atomic mass is 16.6. The van der Waals surface area contributed by atoms with Crippen LogP contribution in [-0.2, 0) is 14.2 Å². The molecule has 0 aromatic heterocycles. The van der Waals surface area contributed by atoms with Crippen LogP contribution in [0.1, 0.15) is 6.92 Å². The highest BCUT2D eigenvalue weighted by Gasteiger charge is 2.47. The number of nitriles is 1. The Morgan fingerprint density at radius 2 is 2.08 bits per heavy atom. The average molecular weight is 169 g/mol. The maximum atomic E-state index is 8.33. The SMILES string of the molecule is C[C@H]1CO[C@H]2[C@@H]1OC[C@H]2OC#N. The molecule has 2 heterocycles. The zero-order chi connectivity index (χ0) is 8.55. The molecule has 0 amide bonds. The summed E-state index contributed by atoms with van der Waals surface area (Å²) in [5.41, 5.74) is 0. The van der Waals surface area contributed by atoms with Crippen molar-refractivity contribution in [2.45, 2.75) is 25.2 Å². The molecule has 2 aliphatic rings. The smallest absolute Gasteiger partial charge is 0.286 e. The maximum absolute atomic E-state index is 8.33. The van der Waals surface area contributed by atoms with Gasteiger partial charge in [0.05, 0.1) is 19.3 Å². The van der Waals surface area contributed by atoms with Crippen LogP contribution in [0, 0.1) is 17.4 Å². The summed E-state index contributed by atoms with van der Waals surface area (Å²) < 4.78 is 15.7. The summed E-state index contributed by atoms with van der Waals surface area (Å²) in [6.45, 7) is 3.27. The van der Waals surface area contributed by atoms with Crippen molar-refractivity contribution in [1.82, 2.24) is 0 Å². The molecule has 2 fully saturated rings. The molecule has 4 nitrogen and oxygen atoms in total. The van der Waals surface area contributed by atoms with Gasteiger partial charge in [0.15, 0.2) is 6.10 Å². The fraction of sp³-hybridized carbons (Fsp3) is 0.875. The second-order valence-electron chi connectivity index (χ2n) is 3.32. The molecule has 0 saturated carbocycles. The molecular weight excluding hydrogens is 158 g/mol. The zero-order valence-corrected chi connectivity index (χ0v) is 6.90. The standard InChI is InChI=1S/C8H11NO3/c1-5-2-10-8-6(12-4-9)3-11-7(5)8/h5-8H,2-3H2,1H3/t5-,6+,7+,8+/m0/s1. The lowest BCUT2D eigenvalue weighted by Crippen LogP contribution is -2.29. The summed E-state index contributed by atoms with van der Waals surface area (Å²) >= 11 is 0. The van der Waals surface area contributed by atoms with Gasteiger partial charge in [-0.3, -0.25) is 0 Å². The Bertz CT molecular complexity index is 213. The van der Waals surface area contributed by atoms with Gasteiger partial charge in [-0.15, -0.1) is 0 Å². The Kier molecular flexibility index (Phi) is 1.91. The topological polar surface area (TPSA) is 51.5 Å². The van der Waals surface area contributed by atoms with Gasteiger partial charge in [0.25, 0.3) is 6.26 Å². The first kappa shape index (κ1) is 7.84. The van der Waals surface area contributed by atoms with Gasteiger partial charge in [0.2, 0.25) is 0 Å². The molecule has 2 saturated heterocycles. The molecule has 0 aliphatic carbocycles. The van der Waals surface area contributed by atoms with Gasteiger partial charge in [-0.25, -0.2) is 0 Å². The molecule has 0 unspecified atom stereocenters. The van der Waals surface area contributed by atoms with Crippen molar-refractivity contribution in [3.8, 4) is 6.26 Å². The number of hydrogen-bond acceptors (Lipinski definition) is 4. The molecule has 0 aromatic carbocycles. The zero-order valence-electron chi connectivity index (χ0n) is 6.90. The van der Waals surface area contributed by atoms with Crippen molar-refractivity contribution in [3.05, 3.63) is 0 Å². The van der Waals surface area contributed by atoms with Crippen molar-refractivity contribution in [1.29, 1.82) is 5.26 Å².